The Labute approximate surface area is 180 Å². The molecule has 3 fully saturated rings. The molecule has 0 radical (unpaired) electrons. The van der Waals surface area contributed by atoms with Gasteiger partial charge >= 0.3 is 0 Å². The lowest BCUT2D eigenvalue weighted by Gasteiger charge is -2.64. The maximum Gasteiger partial charge on any atom is 0.259 e. The van der Waals surface area contributed by atoms with Crippen molar-refractivity contribution in [3.63, 3.8) is 0 Å². The first kappa shape index (κ1) is 19.3. The third kappa shape index (κ3) is 3.04. The van der Waals surface area contributed by atoms with Crippen molar-refractivity contribution in [3.8, 4) is 16.9 Å². The largest absolute Gasteiger partial charge is 0.494 e. The highest BCUT2D eigenvalue weighted by atomic mass is 35.5. The van der Waals surface area contributed by atoms with Gasteiger partial charge in [-0.05, 0) is 38.3 Å². The molecule has 0 aromatic carbocycles. The zero-order chi connectivity index (χ0) is 21.1. The fraction of sp³-hybridized carbons (Fsp3) is 0.350. The normalized spacial score (nSPS) is 24.0. The zero-order valence-corrected chi connectivity index (χ0v) is 17.8. The standard InChI is InChI=1S/C20H17ClFN5O2S/c1-10-3-11(12-4-15(21)24-6-14(12)29-2)13(5-23-10)16(28)25-18-27-26-17(30-18)19-7-20(22,8-19)9-19/h3-6H,7-9H2,1-2H3,(H,25,27,28). The Morgan fingerprint density at radius 2 is 1.97 bits per heavy atom. The number of nitrogens with one attached hydrogen (secondary N) is 1. The Balaban J connectivity index is 1.45. The number of pyridine rings is 2. The lowest BCUT2D eigenvalue weighted by atomic mass is 9.42. The average molecular weight is 446 g/mol. The van der Waals surface area contributed by atoms with Crippen molar-refractivity contribution in [2.24, 2.45) is 0 Å². The molecule has 1 amide bonds. The first-order chi connectivity index (χ1) is 14.3. The van der Waals surface area contributed by atoms with Crippen molar-refractivity contribution in [3.05, 3.63) is 45.9 Å². The van der Waals surface area contributed by atoms with Crippen LogP contribution in [0, 0.1) is 6.92 Å². The number of carbonyl (C=O) groups is 1. The maximum absolute atomic E-state index is 13.8. The summed E-state index contributed by atoms with van der Waals surface area (Å²) in [5.41, 5.74) is 1.12. The minimum absolute atomic E-state index is 0.187. The highest BCUT2D eigenvalue weighted by Gasteiger charge is 2.71. The number of alkyl halides is 1. The number of nitrogens with zero attached hydrogens (tertiary/aromatic N) is 4. The van der Waals surface area contributed by atoms with Crippen molar-refractivity contribution in [2.45, 2.75) is 37.3 Å². The third-order valence-corrected chi connectivity index (χ3v) is 6.99. The second kappa shape index (κ2) is 6.68. The molecule has 30 heavy (non-hydrogen) atoms. The van der Waals surface area contributed by atoms with Gasteiger partial charge in [0.15, 0.2) is 0 Å². The Bertz CT molecular complexity index is 1160. The Hall–Kier alpha value is -2.65. The molecule has 7 nitrogen and oxygen atoms in total. The summed E-state index contributed by atoms with van der Waals surface area (Å²) in [5.74, 6) is 0.107. The number of halogens is 2. The van der Waals surface area contributed by atoms with Crippen LogP contribution < -0.4 is 10.1 Å². The molecule has 3 heterocycles. The van der Waals surface area contributed by atoms with Crippen LogP contribution in [-0.2, 0) is 5.41 Å². The number of hydrogen-bond donors (Lipinski definition) is 1. The van der Waals surface area contributed by atoms with Crippen molar-refractivity contribution < 1.29 is 13.9 Å². The summed E-state index contributed by atoms with van der Waals surface area (Å²) in [6.07, 6.45) is 4.50. The first-order valence-corrected chi connectivity index (χ1v) is 10.5. The van der Waals surface area contributed by atoms with E-state index >= 15 is 0 Å². The smallest absolute Gasteiger partial charge is 0.259 e. The van der Waals surface area contributed by atoms with Gasteiger partial charge in [-0.15, -0.1) is 10.2 Å². The van der Waals surface area contributed by atoms with Crippen LogP contribution >= 0.6 is 22.9 Å². The molecular weight excluding hydrogens is 429 g/mol. The van der Waals surface area contributed by atoms with Crippen LogP contribution in [0.5, 0.6) is 5.75 Å². The van der Waals surface area contributed by atoms with Crippen LogP contribution in [0.1, 0.15) is 40.3 Å². The van der Waals surface area contributed by atoms with Crippen molar-refractivity contribution in [2.75, 3.05) is 12.4 Å². The SMILES string of the molecule is COc1cnc(Cl)cc1-c1cc(C)ncc1C(=O)Nc1nnc(C23CC(F)(C2)C3)s1. The highest BCUT2D eigenvalue weighted by Crippen LogP contribution is 2.70. The van der Waals surface area contributed by atoms with Gasteiger partial charge in [0.05, 0.1) is 18.9 Å². The van der Waals surface area contributed by atoms with Gasteiger partial charge in [-0.1, -0.05) is 22.9 Å². The minimum Gasteiger partial charge on any atom is -0.494 e. The summed E-state index contributed by atoms with van der Waals surface area (Å²) in [5, 5.41) is 12.5. The van der Waals surface area contributed by atoms with Crippen LogP contribution in [0.25, 0.3) is 11.1 Å². The fourth-order valence-corrected chi connectivity index (χ4v) is 5.38. The molecule has 3 aromatic rings. The number of carbonyl (C=O) groups excluding carboxylic acids is 1. The molecule has 10 heteroatoms. The van der Waals surface area contributed by atoms with E-state index in [1.54, 1.807) is 12.1 Å². The van der Waals surface area contributed by atoms with Crippen LogP contribution in [0.2, 0.25) is 5.15 Å². The average Bonchev–Trinajstić information content (AvgIpc) is 3.12. The monoisotopic (exact) mass is 445 g/mol. The van der Waals surface area contributed by atoms with Gasteiger partial charge in [-0.25, -0.2) is 9.37 Å². The molecule has 0 spiro atoms. The quantitative estimate of drug-likeness (QED) is 0.587. The van der Waals surface area contributed by atoms with E-state index < -0.39 is 5.67 Å². The number of amides is 1. The molecular formula is C20H17ClFN5O2S. The number of rotatable bonds is 5. The first-order valence-electron chi connectivity index (χ1n) is 9.32. The van der Waals surface area contributed by atoms with E-state index in [1.165, 1.54) is 30.8 Å². The predicted molar refractivity (Wildman–Crippen MR) is 111 cm³/mol. The van der Waals surface area contributed by atoms with E-state index in [4.69, 9.17) is 16.3 Å². The molecule has 1 N–H and O–H groups in total. The molecule has 3 aromatic heterocycles. The molecule has 2 bridgehead atoms. The van der Waals surface area contributed by atoms with Gasteiger partial charge in [0.1, 0.15) is 21.6 Å². The summed E-state index contributed by atoms with van der Waals surface area (Å²) < 4.78 is 19.2. The number of methoxy groups -OCH3 is 1. The van der Waals surface area contributed by atoms with E-state index in [0.717, 1.165) is 10.7 Å². The molecule has 154 valence electrons. The molecule has 6 rings (SSSR count). The summed E-state index contributed by atoms with van der Waals surface area (Å²) in [6.45, 7) is 1.83. The lowest BCUT2D eigenvalue weighted by molar-refractivity contribution is -0.158. The molecule has 3 aliphatic carbocycles. The Morgan fingerprint density at radius 1 is 1.20 bits per heavy atom. The van der Waals surface area contributed by atoms with Crippen LogP contribution in [0.15, 0.2) is 24.5 Å². The summed E-state index contributed by atoms with van der Waals surface area (Å²) in [4.78, 5) is 21.3. The van der Waals surface area contributed by atoms with Gasteiger partial charge in [0.2, 0.25) is 5.13 Å². The van der Waals surface area contributed by atoms with Crippen molar-refractivity contribution >= 4 is 34.0 Å². The second-order valence-corrected chi connectivity index (χ2v) is 9.27. The molecule has 0 aliphatic heterocycles. The lowest BCUT2D eigenvalue weighted by Crippen LogP contribution is -2.67. The number of anilines is 1. The number of aromatic nitrogens is 4. The van der Waals surface area contributed by atoms with Gasteiger partial charge in [-0.3, -0.25) is 15.1 Å². The second-order valence-electron chi connectivity index (χ2n) is 7.91. The van der Waals surface area contributed by atoms with Gasteiger partial charge in [0.25, 0.3) is 5.91 Å². The molecule has 3 aliphatic rings. The van der Waals surface area contributed by atoms with E-state index in [-0.39, 0.29) is 16.5 Å². The minimum atomic E-state index is -1.01. The fourth-order valence-electron chi connectivity index (χ4n) is 4.30. The summed E-state index contributed by atoms with van der Waals surface area (Å²) >= 11 is 7.37. The Kier molecular flexibility index (Phi) is 4.30. The van der Waals surface area contributed by atoms with Crippen molar-refractivity contribution in [1.82, 2.24) is 20.2 Å². The predicted octanol–water partition coefficient (Wildman–Crippen LogP) is 4.36. The van der Waals surface area contributed by atoms with E-state index in [1.807, 2.05) is 6.92 Å². The van der Waals surface area contributed by atoms with Gasteiger partial charge in [-0.2, -0.15) is 0 Å². The molecule has 0 atom stereocenters. The third-order valence-electron chi connectivity index (χ3n) is 5.69. The maximum atomic E-state index is 13.8. The highest BCUT2D eigenvalue weighted by molar-refractivity contribution is 7.15. The van der Waals surface area contributed by atoms with Gasteiger partial charge in [0, 0.05) is 28.4 Å². The van der Waals surface area contributed by atoms with Crippen LogP contribution in [0.4, 0.5) is 9.52 Å². The Morgan fingerprint density at radius 3 is 2.67 bits per heavy atom. The number of aryl methyl sites for hydroxylation is 1. The van der Waals surface area contributed by atoms with Gasteiger partial charge < -0.3 is 4.74 Å². The molecule has 0 unspecified atom stereocenters. The molecule has 3 saturated carbocycles. The topological polar surface area (TPSA) is 89.9 Å². The van der Waals surface area contributed by atoms with E-state index in [9.17, 15) is 9.18 Å². The summed E-state index contributed by atoms with van der Waals surface area (Å²) in [7, 11) is 1.53. The summed E-state index contributed by atoms with van der Waals surface area (Å²) in [6, 6.07) is 3.43. The van der Waals surface area contributed by atoms with Crippen LogP contribution in [-0.4, -0.2) is 38.9 Å². The van der Waals surface area contributed by atoms with E-state index in [0.29, 0.717) is 46.8 Å². The van der Waals surface area contributed by atoms with Crippen LogP contribution in [0.3, 0.4) is 0 Å². The molecule has 0 saturated heterocycles. The number of hydrogen-bond acceptors (Lipinski definition) is 7. The zero-order valence-electron chi connectivity index (χ0n) is 16.2. The van der Waals surface area contributed by atoms with E-state index in [2.05, 4.69) is 25.5 Å². The number of ether oxygens (including phenoxy) is 1. The van der Waals surface area contributed by atoms with Crippen molar-refractivity contribution in [1.29, 1.82) is 0 Å².